The van der Waals surface area contributed by atoms with Crippen molar-refractivity contribution >= 4 is 36.0 Å². The van der Waals surface area contributed by atoms with Gasteiger partial charge in [-0.25, -0.2) is 28.9 Å². The maximum atomic E-state index is 12.3. The fraction of sp³-hybridized carbons (Fsp3) is 0.793. The number of hydrogen-bond donors (Lipinski definition) is 1. The smallest absolute Gasteiger partial charge is 0.417 e. The van der Waals surface area contributed by atoms with E-state index in [1.165, 1.54) is 21.3 Å². The zero-order valence-corrected chi connectivity index (χ0v) is 27.8. The van der Waals surface area contributed by atoms with Crippen molar-refractivity contribution in [1.82, 2.24) is 10.2 Å². The van der Waals surface area contributed by atoms with E-state index >= 15 is 0 Å². The molecule has 0 aliphatic carbocycles. The molecule has 0 aromatic carbocycles. The maximum Gasteiger partial charge on any atom is 0.417 e. The highest BCUT2D eigenvalue weighted by atomic mass is 16.6. The highest BCUT2D eigenvalue weighted by Crippen LogP contribution is 2.25. The van der Waals surface area contributed by atoms with Gasteiger partial charge in [0.1, 0.15) is 29.4 Å². The van der Waals surface area contributed by atoms with E-state index in [-0.39, 0.29) is 12.8 Å². The number of esters is 3. The van der Waals surface area contributed by atoms with E-state index in [1.807, 2.05) is 13.8 Å². The largest absolute Gasteiger partial charge is 0.467 e. The number of carbonyl (C=O) groups is 6. The van der Waals surface area contributed by atoms with Crippen molar-refractivity contribution in [1.29, 1.82) is 0 Å². The van der Waals surface area contributed by atoms with Crippen LogP contribution in [0.3, 0.4) is 0 Å². The number of ether oxygens (including phenoxy) is 7. The van der Waals surface area contributed by atoms with Crippen molar-refractivity contribution in [3.05, 3.63) is 0 Å². The Bertz CT molecular complexity index is 971. The molecule has 1 aliphatic rings. The minimum atomic E-state index is -1.09. The Morgan fingerprint density at radius 2 is 1.39 bits per heavy atom. The van der Waals surface area contributed by atoms with Crippen molar-refractivity contribution < 1.29 is 61.9 Å². The third-order valence-electron chi connectivity index (χ3n) is 5.46. The molecule has 0 saturated carbocycles. The van der Waals surface area contributed by atoms with Crippen molar-refractivity contribution in [2.75, 3.05) is 34.5 Å². The van der Waals surface area contributed by atoms with Crippen molar-refractivity contribution in [2.45, 2.75) is 117 Å². The Morgan fingerprint density at radius 3 is 1.84 bits per heavy atom. The lowest BCUT2D eigenvalue weighted by Crippen LogP contribution is -2.47. The molecule has 1 aliphatic heterocycles. The van der Waals surface area contributed by atoms with Crippen LogP contribution in [-0.4, -0.2) is 111 Å². The molecule has 254 valence electrons. The van der Waals surface area contributed by atoms with Crippen LogP contribution in [0.15, 0.2) is 0 Å². The average molecular weight is 635 g/mol. The van der Waals surface area contributed by atoms with Gasteiger partial charge in [0.2, 0.25) is 0 Å². The van der Waals surface area contributed by atoms with Crippen LogP contribution in [0.1, 0.15) is 81.1 Å². The van der Waals surface area contributed by atoms with E-state index in [0.717, 1.165) is 11.3 Å². The number of hydrogen-bond acceptors (Lipinski definition) is 13. The molecule has 0 aromatic rings. The lowest BCUT2D eigenvalue weighted by atomic mass is 10.1. The Hall–Kier alpha value is -3.46. The van der Waals surface area contributed by atoms with E-state index in [2.05, 4.69) is 19.5 Å². The van der Waals surface area contributed by atoms with Crippen LogP contribution in [0.5, 0.6) is 0 Å². The fourth-order valence-corrected chi connectivity index (χ4v) is 3.63. The normalized spacial score (nSPS) is 17.8. The number of alkyl carbamates (subject to hydrolysis) is 1. The number of methoxy groups -OCH3 is 3. The minimum Gasteiger partial charge on any atom is -0.467 e. The van der Waals surface area contributed by atoms with Gasteiger partial charge in [0.25, 0.3) is 5.91 Å². The van der Waals surface area contributed by atoms with Crippen molar-refractivity contribution in [2.24, 2.45) is 0 Å². The van der Waals surface area contributed by atoms with Crippen LogP contribution in [0.2, 0.25) is 0 Å². The first-order valence-corrected chi connectivity index (χ1v) is 14.4. The second-order valence-corrected chi connectivity index (χ2v) is 11.7. The van der Waals surface area contributed by atoms with Gasteiger partial charge in [-0.1, -0.05) is 13.8 Å². The number of imide groups is 1. The molecule has 44 heavy (non-hydrogen) atoms. The summed E-state index contributed by atoms with van der Waals surface area (Å²) in [7, 11) is 3.62. The first kappa shape index (κ1) is 40.5. The predicted octanol–water partition coefficient (Wildman–Crippen LogP) is 2.90. The lowest BCUT2D eigenvalue weighted by Gasteiger charge is -2.26. The first-order chi connectivity index (χ1) is 20.3. The molecule has 2 unspecified atom stereocenters. The third-order valence-corrected chi connectivity index (χ3v) is 5.46. The van der Waals surface area contributed by atoms with E-state index in [9.17, 15) is 28.8 Å². The van der Waals surface area contributed by atoms with Crippen molar-refractivity contribution in [3.8, 4) is 0 Å². The SMILES string of the molecule is CCCO[C@@H](CC(NC(=O)OC(C)(C)C)C(=O)OC)C(=O)OC.CCCO[C@H]1CC(C(=O)OC)N(C(=O)OC(C)(C)C)C1=O. The summed E-state index contributed by atoms with van der Waals surface area (Å²) < 4.78 is 35.0. The molecule has 1 heterocycles. The molecule has 15 nitrogen and oxygen atoms in total. The molecule has 0 bridgehead atoms. The van der Waals surface area contributed by atoms with Gasteiger partial charge in [-0.15, -0.1) is 0 Å². The van der Waals surface area contributed by atoms with Crippen LogP contribution < -0.4 is 5.32 Å². The van der Waals surface area contributed by atoms with Crippen LogP contribution in [0, 0.1) is 0 Å². The first-order valence-electron chi connectivity index (χ1n) is 14.4. The van der Waals surface area contributed by atoms with Gasteiger partial charge in [-0.2, -0.15) is 0 Å². The molecule has 1 saturated heterocycles. The monoisotopic (exact) mass is 634 g/mol. The lowest BCUT2D eigenvalue weighted by molar-refractivity contribution is -0.156. The molecule has 0 aromatic heterocycles. The van der Waals surface area contributed by atoms with Crippen LogP contribution in [-0.2, 0) is 52.3 Å². The van der Waals surface area contributed by atoms with E-state index in [0.29, 0.717) is 19.6 Å². The van der Waals surface area contributed by atoms with E-state index < -0.39 is 71.5 Å². The number of nitrogens with zero attached hydrogens (tertiary/aromatic N) is 1. The van der Waals surface area contributed by atoms with Gasteiger partial charge in [-0.3, -0.25) is 4.79 Å². The summed E-state index contributed by atoms with van der Waals surface area (Å²) in [5.41, 5.74) is -1.48. The highest BCUT2D eigenvalue weighted by molar-refractivity contribution is 6.01. The van der Waals surface area contributed by atoms with Gasteiger partial charge in [0.05, 0.1) is 21.3 Å². The van der Waals surface area contributed by atoms with Gasteiger partial charge < -0.3 is 38.5 Å². The molecule has 15 heteroatoms. The molecule has 4 atom stereocenters. The van der Waals surface area contributed by atoms with Gasteiger partial charge >= 0.3 is 30.1 Å². The Balaban J connectivity index is 0.000000843. The molecule has 3 amide bonds. The zero-order valence-electron chi connectivity index (χ0n) is 27.8. The standard InChI is InChI=1S/C15H27NO7.C14H23NO6/c1-7-8-22-11(13(18)21-6)9-10(12(17)20-5)16-14(19)23-15(2,3)4;1-6-7-20-10-8-9(12(17)19-5)15(11(10)16)13(18)21-14(2,3)4/h10-11H,7-9H2,1-6H3,(H,16,19);9-10H,6-8H2,1-5H3/t10?,11-;9?,10-/m00/s1. The molecular weight excluding hydrogens is 584 g/mol. The topological polar surface area (TPSA) is 182 Å². The van der Waals surface area contributed by atoms with Crippen LogP contribution >= 0.6 is 0 Å². The van der Waals surface area contributed by atoms with Gasteiger partial charge in [0.15, 0.2) is 6.10 Å². The Morgan fingerprint density at radius 1 is 0.841 bits per heavy atom. The van der Waals surface area contributed by atoms with Gasteiger partial charge in [0, 0.05) is 26.1 Å². The molecular formula is C29H50N2O13. The molecule has 1 N–H and O–H groups in total. The predicted molar refractivity (Wildman–Crippen MR) is 155 cm³/mol. The summed E-state index contributed by atoms with van der Waals surface area (Å²) in [5.74, 6) is -2.55. The summed E-state index contributed by atoms with van der Waals surface area (Å²) in [6, 6.07) is -2.09. The number of rotatable bonds is 12. The molecule has 1 fully saturated rings. The van der Waals surface area contributed by atoms with Gasteiger partial charge in [-0.05, 0) is 54.4 Å². The molecule has 0 radical (unpaired) electrons. The molecule has 0 spiro atoms. The second-order valence-electron chi connectivity index (χ2n) is 11.7. The highest BCUT2D eigenvalue weighted by Gasteiger charge is 2.49. The number of amides is 3. The molecule has 1 rings (SSSR count). The van der Waals surface area contributed by atoms with Crippen LogP contribution in [0.25, 0.3) is 0 Å². The number of nitrogens with one attached hydrogen (secondary N) is 1. The Kier molecular flexibility index (Phi) is 17.5. The minimum absolute atomic E-state index is 0.0880. The number of likely N-dealkylation sites (tertiary alicyclic amines) is 1. The second kappa shape index (κ2) is 19.0. The zero-order chi connectivity index (χ0) is 34.3. The van der Waals surface area contributed by atoms with E-state index in [1.54, 1.807) is 41.5 Å². The summed E-state index contributed by atoms with van der Waals surface area (Å²) in [4.78, 5) is 72.4. The number of carbonyl (C=O) groups excluding carboxylic acids is 6. The fourth-order valence-electron chi connectivity index (χ4n) is 3.63. The summed E-state index contributed by atoms with van der Waals surface area (Å²) in [6.45, 7) is 14.6. The summed E-state index contributed by atoms with van der Waals surface area (Å²) >= 11 is 0. The average Bonchev–Trinajstić information content (AvgIpc) is 3.26. The maximum absolute atomic E-state index is 12.3. The van der Waals surface area contributed by atoms with E-state index in [4.69, 9.17) is 18.9 Å². The van der Waals surface area contributed by atoms with Crippen LogP contribution in [0.4, 0.5) is 9.59 Å². The third kappa shape index (κ3) is 14.8. The summed E-state index contributed by atoms with van der Waals surface area (Å²) in [5, 5.41) is 2.39. The van der Waals surface area contributed by atoms with Crippen molar-refractivity contribution in [3.63, 3.8) is 0 Å². The Labute approximate surface area is 259 Å². The quantitative estimate of drug-likeness (QED) is 0.245. The summed E-state index contributed by atoms with van der Waals surface area (Å²) in [6.07, 6.45) is -2.05.